The van der Waals surface area contributed by atoms with Crippen molar-refractivity contribution in [3.05, 3.63) is 52.6 Å². The smallest absolute Gasteiger partial charge is 0.295 e. The van der Waals surface area contributed by atoms with Crippen molar-refractivity contribution >= 4 is 29.0 Å². The molecule has 3 rings (SSSR count). The van der Waals surface area contributed by atoms with E-state index in [1.165, 1.54) is 0 Å². The van der Waals surface area contributed by atoms with Gasteiger partial charge in [-0.15, -0.1) is 5.10 Å². The zero-order chi connectivity index (χ0) is 15.0. The largest absolute Gasteiger partial charge is 0.319 e. The first-order valence-electron chi connectivity index (χ1n) is 6.31. The third-order valence-corrected chi connectivity index (χ3v) is 3.18. The van der Waals surface area contributed by atoms with Crippen LogP contribution in [-0.4, -0.2) is 25.5 Å². The Kier molecular flexibility index (Phi) is 3.31. The molecule has 6 nitrogen and oxygen atoms in total. The van der Waals surface area contributed by atoms with E-state index >= 15 is 0 Å². The number of nitrogens with one attached hydrogen (secondary N) is 1. The maximum Gasteiger partial charge on any atom is 0.295 e. The number of fused-ring (bicyclic) bond motifs is 1. The number of carbonyl (C=O) groups excluding carboxylic acids is 1. The first kappa shape index (κ1) is 13.5. The summed E-state index contributed by atoms with van der Waals surface area (Å²) in [5.74, 6) is 0.0970. The van der Waals surface area contributed by atoms with Crippen molar-refractivity contribution in [2.24, 2.45) is 0 Å². The van der Waals surface area contributed by atoms with Crippen molar-refractivity contribution < 1.29 is 4.79 Å². The summed E-state index contributed by atoms with van der Waals surface area (Å²) in [6.45, 7) is 3.76. The molecule has 3 aromatic rings. The molecule has 1 aromatic carbocycles. The molecule has 1 N–H and O–H groups in total. The maximum absolute atomic E-state index is 12.2. The number of aromatic nitrogens is 4. The van der Waals surface area contributed by atoms with Gasteiger partial charge in [-0.1, -0.05) is 11.6 Å². The highest BCUT2D eigenvalue weighted by Crippen LogP contribution is 2.14. The van der Waals surface area contributed by atoms with Gasteiger partial charge in [0.05, 0.1) is 0 Å². The zero-order valence-electron chi connectivity index (χ0n) is 11.5. The molecular formula is C14H12ClN5O. The van der Waals surface area contributed by atoms with Crippen molar-refractivity contribution in [1.29, 1.82) is 0 Å². The van der Waals surface area contributed by atoms with Gasteiger partial charge in [0.1, 0.15) is 0 Å². The molecule has 0 radical (unpaired) electrons. The number of anilines is 1. The molecule has 7 heteroatoms. The number of carbonyl (C=O) groups is 1. The quantitative estimate of drug-likeness (QED) is 0.790. The lowest BCUT2D eigenvalue weighted by Gasteiger charge is -2.01. The van der Waals surface area contributed by atoms with Gasteiger partial charge >= 0.3 is 0 Å². The molecule has 0 aliphatic carbocycles. The molecule has 0 saturated carbocycles. The molecule has 0 spiro atoms. The minimum Gasteiger partial charge on any atom is -0.319 e. The highest BCUT2D eigenvalue weighted by molar-refractivity contribution is 6.30. The van der Waals surface area contributed by atoms with Crippen LogP contribution in [0.2, 0.25) is 5.02 Å². The Morgan fingerprint density at radius 3 is 2.62 bits per heavy atom. The van der Waals surface area contributed by atoms with Gasteiger partial charge in [-0.2, -0.15) is 4.98 Å². The fraction of sp³-hybridized carbons (Fsp3) is 0.143. The highest BCUT2D eigenvalue weighted by Gasteiger charge is 2.15. The first-order valence-corrected chi connectivity index (χ1v) is 6.69. The van der Waals surface area contributed by atoms with E-state index in [4.69, 9.17) is 11.6 Å². The second-order valence-corrected chi connectivity index (χ2v) is 5.08. The van der Waals surface area contributed by atoms with Crippen molar-refractivity contribution in [1.82, 2.24) is 19.6 Å². The lowest BCUT2D eigenvalue weighted by Crippen LogP contribution is -2.13. The van der Waals surface area contributed by atoms with Gasteiger partial charge in [-0.3, -0.25) is 4.79 Å². The average molecular weight is 302 g/mol. The summed E-state index contributed by atoms with van der Waals surface area (Å²) < 4.78 is 1.55. The van der Waals surface area contributed by atoms with Crippen LogP contribution in [0.4, 0.5) is 5.69 Å². The second-order valence-electron chi connectivity index (χ2n) is 4.65. The van der Waals surface area contributed by atoms with Crippen molar-refractivity contribution in [2.75, 3.05) is 5.32 Å². The summed E-state index contributed by atoms with van der Waals surface area (Å²) >= 11 is 5.80. The van der Waals surface area contributed by atoms with E-state index in [-0.39, 0.29) is 11.7 Å². The number of amides is 1. The van der Waals surface area contributed by atoms with Gasteiger partial charge < -0.3 is 5.32 Å². The van der Waals surface area contributed by atoms with Crippen LogP contribution in [-0.2, 0) is 0 Å². The van der Waals surface area contributed by atoms with Crippen LogP contribution in [0.15, 0.2) is 30.3 Å². The molecule has 106 valence electrons. The molecule has 0 bridgehead atoms. The van der Waals surface area contributed by atoms with E-state index in [0.29, 0.717) is 16.5 Å². The van der Waals surface area contributed by atoms with Crippen LogP contribution < -0.4 is 5.32 Å². The van der Waals surface area contributed by atoms with Gasteiger partial charge in [-0.05, 0) is 44.2 Å². The number of benzene rings is 1. The Labute approximate surface area is 125 Å². The summed E-state index contributed by atoms with van der Waals surface area (Å²) in [4.78, 5) is 20.6. The molecule has 1 amide bonds. The van der Waals surface area contributed by atoms with E-state index in [2.05, 4.69) is 20.4 Å². The van der Waals surface area contributed by atoms with Gasteiger partial charge in [0.15, 0.2) is 0 Å². The highest BCUT2D eigenvalue weighted by atomic mass is 35.5. The van der Waals surface area contributed by atoms with E-state index in [1.54, 1.807) is 28.8 Å². The molecule has 0 fully saturated rings. The number of hydrogen-bond donors (Lipinski definition) is 1. The van der Waals surface area contributed by atoms with Crippen molar-refractivity contribution in [2.45, 2.75) is 13.8 Å². The first-order chi connectivity index (χ1) is 10.0. The van der Waals surface area contributed by atoms with E-state index < -0.39 is 0 Å². The predicted octanol–water partition coefficient (Wildman–Crippen LogP) is 2.65. The van der Waals surface area contributed by atoms with Crippen LogP contribution in [0.25, 0.3) is 5.78 Å². The molecule has 0 saturated heterocycles. The van der Waals surface area contributed by atoms with Gasteiger partial charge in [-0.25, -0.2) is 9.50 Å². The number of rotatable bonds is 2. The maximum atomic E-state index is 12.2. The SMILES string of the molecule is Cc1cc(C)n2nc(C(=O)Nc3ccc(Cl)cc3)nc2n1. The number of aryl methyl sites for hydroxylation is 2. The van der Waals surface area contributed by atoms with Crippen molar-refractivity contribution in [3.63, 3.8) is 0 Å². The topological polar surface area (TPSA) is 72.2 Å². The summed E-state index contributed by atoms with van der Waals surface area (Å²) in [6.07, 6.45) is 0. The van der Waals surface area contributed by atoms with Gasteiger partial charge in [0.25, 0.3) is 11.7 Å². The standard InChI is InChI=1S/C14H12ClN5O/c1-8-7-9(2)20-14(16-8)18-12(19-20)13(21)17-11-5-3-10(15)4-6-11/h3-7H,1-2H3,(H,17,21). The Morgan fingerprint density at radius 1 is 1.19 bits per heavy atom. The fourth-order valence-corrected chi connectivity index (χ4v) is 2.11. The minimum atomic E-state index is -0.389. The molecule has 2 heterocycles. The van der Waals surface area contributed by atoms with Crippen LogP contribution in [0, 0.1) is 13.8 Å². The van der Waals surface area contributed by atoms with Crippen LogP contribution in [0.1, 0.15) is 22.0 Å². The molecule has 0 aliphatic heterocycles. The third-order valence-electron chi connectivity index (χ3n) is 2.92. The Bertz CT molecular complexity index is 825. The number of hydrogen-bond acceptors (Lipinski definition) is 4. The Morgan fingerprint density at radius 2 is 1.90 bits per heavy atom. The number of halogens is 1. The molecule has 0 unspecified atom stereocenters. The summed E-state index contributed by atoms with van der Waals surface area (Å²) in [6, 6.07) is 8.70. The van der Waals surface area contributed by atoms with Crippen LogP contribution in [0.5, 0.6) is 0 Å². The average Bonchev–Trinajstić information content (AvgIpc) is 2.85. The van der Waals surface area contributed by atoms with Gasteiger partial charge in [0.2, 0.25) is 5.82 Å². The van der Waals surface area contributed by atoms with E-state index in [0.717, 1.165) is 11.4 Å². The van der Waals surface area contributed by atoms with E-state index in [1.807, 2.05) is 19.9 Å². The normalized spacial score (nSPS) is 10.8. The molecule has 0 atom stereocenters. The molecule has 0 aliphatic rings. The van der Waals surface area contributed by atoms with Gasteiger partial charge in [0, 0.05) is 22.1 Å². The van der Waals surface area contributed by atoms with Crippen molar-refractivity contribution in [3.8, 4) is 0 Å². The molecular weight excluding hydrogens is 290 g/mol. The zero-order valence-corrected chi connectivity index (χ0v) is 12.2. The lowest BCUT2D eigenvalue weighted by molar-refractivity contribution is 0.101. The van der Waals surface area contributed by atoms with E-state index in [9.17, 15) is 4.79 Å². The summed E-state index contributed by atoms with van der Waals surface area (Å²) in [7, 11) is 0. The minimum absolute atomic E-state index is 0.0751. The monoisotopic (exact) mass is 301 g/mol. The fourth-order valence-electron chi connectivity index (χ4n) is 1.98. The number of nitrogens with zero attached hydrogens (tertiary/aromatic N) is 4. The molecule has 2 aromatic heterocycles. The molecule has 21 heavy (non-hydrogen) atoms. The summed E-state index contributed by atoms with van der Waals surface area (Å²) in [5.41, 5.74) is 2.33. The second kappa shape index (κ2) is 5.14. The Hall–Kier alpha value is -2.47. The lowest BCUT2D eigenvalue weighted by atomic mass is 10.3. The third kappa shape index (κ3) is 2.71. The predicted molar refractivity (Wildman–Crippen MR) is 79.7 cm³/mol. The van der Waals surface area contributed by atoms with Crippen LogP contribution in [0.3, 0.4) is 0 Å². The van der Waals surface area contributed by atoms with Crippen LogP contribution >= 0.6 is 11.6 Å². The Balaban J connectivity index is 1.91. The summed E-state index contributed by atoms with van der Waals surface area (Å²) in [5, 5.41) is 7.49.